The topological polar surface area (TPSA) is 76.0 Å². The zero-order valence-corrected chi connectivity index (χ0v) is 18.7. The van der Waals surface area contributed by atoms with Crippen LogP contribution in [0.3, 0.4) is 0 Å². The van der Waals surface area contributed by atoms with Gasteiger partial charge in [0, 0.05) is 57.6 Å². The number of hydrogen-bond donors (Lipinski definition) is 3. The van der Waals surface area contributed by atoms with Crippen molar-refractivity contribution in [3.8, 4) is 0 Å². The van der Waals surface area contributed by atoms with E-state index in [0.717, 1.165) is 69.5 Å². The van der Waals surface area contributed by atoms with E-state index in [1.165, 1.54) is 0 Å². The van der Waals surface area contributed by atoms with Crippen molar-refractivity contribution in [1.82, 2.24) is 20.5 Å². The number of aliphatic hydroxyl groups is 1. The smallest absolute Gasteiger partial charge is 0.191 e. The molecule has 0 amide bonds. The summed E-state index contributed by atoms with van der Waals surface area (Å²) in [5.74, 6) is 2.95. The molecule has 1 saturated heterocycles. The van der Waals surface area contributed by atoms with Gasteiger partial charge in [-0.2, -0.15) is 0 Å². The molecule has 0 saturated carbocycles. The Kier molecular flexibility index (Phi) is 10.2. The molecule has 1 unspecified atom stereocenters. The molecule has 1 aromatic heterocycles. The lowest BCUT2D eigenvalue weighted by Gasteiger charge is -2.34. The van der Waals surface area contributed by atoms with Gasteiger partial charge in [0.15, 0.2) is 5.96 Å². The maximum absolute atomic E-state index is 9.35. The number of anilines is 1. The summed E-state index contributed by atoms with van der Waals surface area (Å²) in [6, 6.07) is 4.12. The van der Waals surface area contributed by atoms with E-state index in [4.69, 9.17) is 4.99 Å². The summed E-state index contributed by atoms with van der Waals surface area (Å²) in [5, 5.41) is 16.2. The van der Waals surface area contributed by atoms with Crippen molar-refractivity contribution in [2.24, 2.45) is 16.8 Å². The quantitative estimate of drug-likeness (QED) is 0.409. The molecule has 1 aliphatic heterocycles. The minimum absolute atomic E-state index is 0.233. The molecule has 7 heteroatoms. The molecular weight excluding hydrogens is 364 g/mol. The van der Waals surface area contributed by atoms with Gasteiger partial charge in [-0.15, -0.1) is 0 Å². The Morgan fingerprint density at radius 2 is 2.00 bits per heavy atom. The van der Waals surface area contributed by atoms with Crippen molar-refractivity contribution in [2.75, 3.05) is 57.8 Å². The first-order chi connectivity index (χ1) is 14.0. The lowest BCUT2D eigenvalue weighted by molar-refractivity contribution is 0.243. The highest BCUT2D eigenvalue weighted by atomic mass is 16.3. The average Bonchev–Trinajstić information content (AvgIpc) is 2.70. The van der Waals surface area contributed by atoms with Gasteiger partial charge in [-0.25, -0.2) is 9.98 Å². The molecule has 1 aliphatic rings. The molecular formula is C22H40N6O. The number of aliphatic imine (C=N–C) groups is 1. The lowest BCUT2D eigenvalue weighted by atomic mass is 9.94. The van der Waals surface area contributed by atoms with Gasteiger partial charge in [0.25, 0.3) is 0 Å². The fraction of sp³-hybridized carbons (Fsp3) is 0.727. The van der Waals surface area contributed by atoms with Crippen molar-refractivity contribution in [3.63, 3.8) is 0 Å². The molecule has 1 fully saturated rings. The number of guanidine groups is 1. The largest absolute Gasteiger partial charge is 0.396 e. The Balaban J connectivity index is 2.02. The van der Waals surface area contributed by atoms with Gasteiger partial charge in [-0.1, -0.05) is 19.9 Å². The van der Waals surface area contributed by atoms with E-state index in [2.05, 4.69) is 59.3 Å². The second kappa shape index (κ2) is 12.6. The normalized spacial score (nSPS) is 16.9. The fourth-order valence-electron chi connectivity index (χ4n) is 3.76. The Morgan fingerprint density at radius 3 is 2.66 bits per heavy atom. The van der Waals surface area contributed by atoms with Crippen LogP contribution >= 0.6 is 0 Å². The minimum atomic E-state index is 0.233. The van der Waals surface area contributed by atoms with Gasteiger partial charge in [0.05, 0.1) is 6.54 Å². The van der Waals surface area contributed by atoms with Gasteiger partial charge in [-0.3, -0.25) is 0 Å². The Labute approximate surface area is 176 Å². The Morgan fingerprint density at radius 1 is 1.24 bits per heavy atom. The summed E-state index contributed by atoms with van der Waals surface area (Å²) in [7, 11) is 2.17. The van der Waals surface area contributed by atoms with E-state index in [-0.39, 0.29) is 6.61 Å². The molecule has 7 nitrogen and oxygen atoms in total. The van der Waals surface area contributed by atoms with Crippen LogP contribution in [0.4, 0.5) is 5.82 Å². The van der Waals surface area contributed by atoms with E-state index in [1.807, 2.05) is 12.3 Å². The number of rotatable bonds is 10. The van der Waals surface area contributed by atoms with Crippen molar-refractivity contribution in [3.05, 3.63) is 23.9 Å². The molecule has 3 N–H and O–H groups in total. The first kappa shape index (κ1) is 23.4. The summed E-state index contributed by atoms with van der Waals surface area (Å²) in [5.41, 5.74) is 1.16. The Hall–Kier alpha value is -1.86. The van der Waals surface area contributed by atoms with Crippen LogP contribution in [0.1, 0.15) is 39.2 Å². The van der Waals surface area contributed by atoms with E-state index < -0.39 is 0 Å². The van der Waals surface area contributed by atoms with Crippen LogP contribution in [0.5, 0.6) is 0 Å². The number of hydrogen-bond acceptors (Lipinski definition) is 5. The monoisotopic (exact) mass is 404 g/mol. The fourth-order valence-corrected chi connectivity index (χ4v) is 3.76. The van der Waals surface area contributed by atoms with Crippen molar-refractivity contribution in [1.29, 1.82) is 0 Å². The highest BCUT2D eigenvalue weighted by Crippen LogP contribution is 2.19. The summed E-state index contributed by atoms with van der Waals surface area (Å²) in [6.45, 7) is 13.1. The summed E-state index contributed by atoms with van der Waals surface area (Å²) in [4.78, 5) is 14.2. The van der Waals surface area contributed by atoms with Crippen molar-refractivity contribution in [2.45, 2.75) is 40.2 Å². The van der Waals surface area contributed by atoms with Gasteiger partial charge >= 0.3 is 0 Å². The highest BCUT2D eigenvalue weighted by Gasteiger charge is 2.18. The zero-order valence-electron chi connectivity index (χ0n) is 18.7. The number of pyridine rings is 1. The standard InChI is InChI=1S/C22H40N6O/c1-5-23-22(25-16-19(8-14-29)15-18(2)3)26-17-20-7-6-9-24-21(20)28-12-10-27(4)11-13-28/h6-7,9,18-19,29H,5,8,10-17H2,1-4H3,(H2,23,25,26). The molecule has 29 heavy (non-hydrogen) atoms. The predicted molar refractivity (Wildman–Crippen MR) is 121 cm³/mol. The van der Waals surface area contributed by atoms with Crippen LogP contribution in [0.2, 0.25) is 0 Å². The van der Waals surface area contributed by atoms with Crippen molar-refractivity contribution < 1.29 is 5.11 Å². The lowest BCUT2D eigenvalue weighted by Crippen LogP contribution is -2.45. The van der Waals surface area contributed by atoms with Crippen LogP contribution < -0.4 is 15.5 Å². The second-order valence-corrected chi connectivity index (χ2v) is 8.36. The summed E-state index contributed by atoms with van der Waals surface area (Å²) < 4.78 is 0. The first-order valence-electron chi connectivity index (χ1n) is 11.0. The summed E-state index contributed by atoms with van der Waals surface area (Å²) >= 11 is 0. The Bertz CT molecular complexity index is 613. The van der Waals surface area contributed by atoms with E-state index in [0.29, 0.717) is 18.4 Å². The van der Waals surface area contributed by atoms with Gasteiger partial charge in [0.1, 0.15) is 5.82 Å². The zero-order chi connectivity index (χ0) is 21.1. The van der Waals surface area contributed by atoms with Crippen molar-refractivity contribution >= 4 is 11.8 Å². The molecule has 0 spiro atoms. The van der Waals surface area contributed by atoms with E-state index in [9.17, 15) is 5.11 Å². The van der Waals surface area contributed by atoms with Gasteiger partial charge < -0.3 is 25.5 Å². The maximum atomic E-state index is 9.35. The van der Waals surface area contributed by atoms with Gasteiger partial charge in [0.2, 0.25) is 0 Å². The number of nitrogens with one attached hydrogen (secondary N) is 2. The third-order valence-electron chi connectivity index (χ3n) is 5.32. The number of aliphatic hydroxyl groups excluding tert-OH is 1. The number of likely N-dealkylation sites (N-methyl/N-ethyl adjacent to an activating group) is 1. The molecule has 2 rings (SSSR count). The number of nitrogens with zero attached hydrogens (tertiary/aromatic N) is 4. The second-order valence-electron chi connectivity index (χ2n) is 8.36. The van der Waals surface area contributed by atoms with Crippen LogP contribution in [0.25, 0.3) is 0 Å². The average molecular weight is 405 g/mol. The molecule has 0 aliphatic carbocycles. The molecule has 2 heterocycles. The van der Waals surface area contributed by atoms with Crippen LogP contribution in [0, 0.1) is 11.8 Å². The van der Waals surface area contributed by atoms with Crippen LogP contribution in [-0.2, 0) is 6.54 Å². The SMILES string of the molecule is CCNC(=NCc1cccnc1N1CCN(C)CC1)NCC(CCO)CC(C)C. The minimum Gasteiger partial charge on any atom is -0.396 e. The summed E-state index contributed by atoms with van der Waals surface area (Å²) in [6.07, 6.45) is 3.79. The molecule has 0 radical (unpaired) electrons. The van der Waals surface area contributed by atoms with E-state index >= 15 is 0 Å². The molecule has 0 aromatic carbocycles. The third-order valence-corrected chi connectivity index (χ3v) is 5.32. The van der Waals surface area contributed by atoms with Crippen LogP contribution in [-0.4, -0.2) is 73.9 Å². The third kappa shape index (κ3) is 8.19. The molecule has 1 atom stereocenters. The molecule has 164 valence electrons. The number of piperazine rings is 1. The van der Waals surface area contributed by atoms with E-state index in [1.54, 1.807) is 0 Å². The maximum Gasteiger partial charge on any atom is 0.191 e. The van der Waals surface area contributed by atoms with Crippen LogP contribution in [0.15, 0.2) is 23.3 Å². The first-order valence-corrected chi connectivity index (χ1v) is 11.0. The molecule has 1 aromatic rings. The van der Waals surface area contributed by atoms with Gasteiger partial charge in [-0.05, 0) is 44.7 Å². The highest BCUT2D eigenvalue weighted by molar-refractivity contribution is 5.79. The number of aromatic nitrogens is 1. The predicted octanol–water partition coefficient (Wildman–Crippen LogP) is 1.93. The molecule has 0 bridgehead atoms.